The highest BCUT2D eigenvalue weighted by Crippen LogP contribution is 2.32. The third kappa shape index (κ3) is 5.44. The second kappa shape index (κ2) is 9.39. The molecule has 0 aromatic heterocycles. The van der Waals surface area contributed by atoms with Gasteiger partial charge in [-0.05, 0) is 36.2 Å². The summed E-state index contributed by atoms with van der Waals surface area (Å²) in [6.07, 6.45) is 0.652. The number of carbonyl (C=O) groups is 1. The van der Waals surface area contributed by atoms with E-state index in [0.717, 1.165) is 5.56 Å². The maximum absolute atomic E-state index is 11.9. The Morgan fingerprint density at radius 1 is 1.04 bits per heavy atom. The standard InChI is InChI=1S/C18H19Cl2NO4/c1-23-15-7-6-12(10-16(15)24-2)8-9-21-17(22)11-25-18-13(19)4-3-5-14(18)20/h3-7,10H,8-9,11H2,1-2H3,(H,21,22). The van der Waals surface area contributed by atoms with E-state index in [0.29, 0.717) is 40.3 Å². The van der Waals surface area contributed by atoms with Crippen LogP contribution in [0.2, 0.25) is 10.0 Å². The van der Waals surface area contributed by atoms with Gasteiger partial charge in [0, 0.05) is 6.54 Å². The van der Waals surface area contributed by atoms with Crippen molar-refractivity contribution in [1.82, 2.24) is 5.32 Å². The number of hydrogen-bond donors (Lipinski definition) is 1. The Morgan fingerprint density at radius 2 is 1.72 bits per heavy atom. The molecule has 0 aliphatic carbocycles. The summed E-state index contributed by atoms with van der Waals surface area (Å²) in [4.78, 5) is 11.9. The number of ether oxygens (including phenoxy) is 3. The second-order valence-corrected chi connectivity index (χ2v) is 5.94. The van der Waals surface area contributed by atoms with Gasteiger partial charge in [-0.2, -0.15) is 0 Å². The van der Waals surface area contributed by atoms with Gasteiger partial charge in [0.1, 0.15) is 0 Å². The van der Waals surface area contributed by atoms with Crippen molar-refractivity contribution in [3.63, 3.8) is 0 Å². The molecule has 5 nitrogen and oxygen atoms in total. The Morgan fingerprint density at radius 3 is 2.36 bits per heavy atom. The van der Waals surface area contributed by atoms with Crippen LogP contribution < -0.4 is 19.5 Å². The van der Waals surface area contributed by atoms with Crippen molar-refractivity contribution in [1.29, 1.82) is 0 Å². The monoisotopic (exact) mass is 383 g/mol. The number of rotatable bonds is 8. The summed E-state index contributed by atoms with van der Waals surface area (Å²) in [5.41, 5.74) is 1.02. The fraction of sp³-hybridized carbons (Fsp3) is 0.278. The number of para-hydroxylation sites is 1. The minimum absolute atomic E-state index is 0.157. The Balaban J connectivity index is 1.81. The third-order valence-electron chi connectivity index (χ3n) is 3.45. The number of halogens is 2. The Bertz CT molecular complexity index is 717. The first kappa shape index (κ1) is 19.2. The molecule has 0 fully saturated rings. The molecule has 0 bridgehead atoms. The summed E-state index contributed by atoms with van der Waals surface area (Å²) < 4.78 is 15.8. The minimum Gasteiger partial charge on any atom is -0.493 e. The summed E-state index contributed by atoms with van der Waals surface area (Å²) in [7, 11) is 3.17. The van der Waals surface area contributed by atoms with Gasteiger partial charge in [0.25, 0.3) is 5.91 Å². The topological polar surface area (TPSA) is 56.8 Å². The summed E-state index contributed by atoms with van der Waals surface area (Å²) in [5, 5.41) is 3.52. The van der Waals surface area contributed by atoms with Crippen LogP contribution in [0.25, 0.3) is 0 Å². The number of amides is 1. The molecule has 0 aliphatic rings. The summed E-state index contributed by atoms with van der Waals surface area (Å²) in [6, 6.07) is 10.6. The molecule has 0 heterocycles. The van der Waals surface area contributed by atoms with Gasteiger partial charge >= 0.3 is 0 Å². The maximum atomic E-state index is 11.9. The third-order valence-corrected chi connectivity index (χ3v) is 4.05. The number of nitrogens with one attached hydrogen (secondary N) is 1. The predicted molar refractivity (Wildman–Crippen MR) is 98.2 cm³/mol. The molecule has 0 unspecified atom stereocenters. The Kier molecular flexibility index (Phi) is 7.22. The van der Waals surface area contributed by atoms with Crippen molar-refractivity contribution in [3.05, 3.63) is 52.0 Å². The van der Waals surface area contributed by atoms with Gasteiger partial charge in [0.2, 0.25) is 0 Å². The number of benzene rings is 2. The molecule has 0 saturated heterocycles. The highest BCUT2D eigenvalue weighted by atomic mass is 35.5. The molecule has 2 aromatic rings. The Hall–Kier alpha value is -2.11. The molecule has 2 aromatic carbocycles. The van der Waals surface area contributed by atoms with Crippen LogP contribution in [0.4, 0.5) is 0 Å². The zero-order chi connectivity index (χ0) is 18.2. The van der Waals surface area contributed by atoms with Crippen LogP contribution in [-0.4, -0.2) is 33.3 Å². The summed E-state index contributed by atoms with van der Waals surface area (Å²) >= 11 is 12.0. The lowest BCUT2D eigenvalue weighted by Crippen LogP contribution is -2.30. The highest BCUT2D eigenvalue weighted by Gasteiger charge is 2.10. The molecule has 1 amide bonds. The van der Waals surface area contributed by atoms with Gasteiger partial charge in [0.05, 0.1) is 24.3 Å². The summed E-state index contributed by atoms with van der Waals surface area (Å²) in [5.74, 6) is 1.38. The van der Waals surface area contributed by atoms with Crippen molar-refractivity contribution in [2.45, 2.75) is 6.42 Å². The number of methoxy groups -OCH3 is 2. The van der Waals surface area contributed by atoms with E-state index in [1.807, 2.05) is 18.2 Å². The second-order valence-electron chi connectivity index (χ2n) is 5.13. The van der Waals surface area contributed by atoms with Crippen molar-refractivity contribution in [2.75, 3.05) is 27.4 Å². The number of carbonyl (C=O) groups excluding carboxylic acids is 1. The minimum atomic E-state index is -0.253. The van der Waals surface area contributed by atoms with E-state index in [2.05, 4.69) is 5.32 Å². The molecule has 0 spiro atoms. The molecule has 2 rings (SSSR count). The van der Waals surface area contributed by atoms with E-state index >= 15 is 0 Å². The lowest BCUT2D eigenvalue weighted by molar-refractivity contribution is -0.123. The van der Waals surface area contributed by atoms with E-state index in [1.54, 1.807) is 32.4 Å². The van der Waals surface area contributed by atoms with Crippen molar-refractivity contribution < 1.29 is 19.0 Å². The van der Waals surface area contributed by atoms with Crippen LogP contribution in [-0.2, 0) is 11.2 Å². The molecule has 1 N–H and O–H groups in total. The van der Waals surface area contributed by atoms with Gasteiger partial charge in [0.15, 0.2) is 23.9 Å². The fourth-order valence-electron chi connectivity index (χ4n) is 2.19. The first-order chi connectivity index (χ1) is 12.0. The van der Waals surface area contributed by atoms with Gasteiger partial charge in [-0.3, -0.25) is 4.79 Å². The largest absolute Gasteiger partial charge is 0.493 e. The normalized spacial score (nSPS) is 10.2. The molecule has 7 heteroatoms. The van der Waals surface area contributed by atoms with Crippen molar-refractivity contribution in [2.24, 2.45) is 0 Å². The van der Waals surface area contributed by atoms with E-state index in [9.17, 15) is 4.79 Å². The van der Waals surface area contributed by atoms with E-state index in [4.69, 9.17) is 37.4 Å². The smallest absolute Gasteiger partial charge is 0.257 e. The average molecular weight is 384 g/mol. The fourth-order valence-corrected chi connectivity index (χ4v) is 2.70. The van der Waals surface area contributed by atoms with Crippen LogP contribution in [0.5, 0.6) is 17.2 Å². The molecular weight excluding hydrogens is 365 g/mol. The van der Waals surface area contributed by atoms with E-state index in [-0.39, 0.29) is 12.5 Å². The molecule has 0 aliphatic heterocycles. The summed E-state index contributed by atoms with van der Waals surface area (Å²) in [6.45, 7) is 0.309. The van der Waals surface area contributed by atoms with Crippen LogP contribution >= 0.6 is 23.2 Å². The zero-order valence-electron chi connectivity index (χ0n) is 14.0. The van der Waals surface area contributed by atoms with Crippen molar-refractivity contribution in [3.8, 4) is 17.2 Å². The molecule has 0 radical (unpaired) electrons. The Labute approximate surface area is 156 Å². The quantitative estimate of drug-likeness (QED) is 0.753. The molecular formula is C18H19Cl2NO4. The van der Waals surface area contributed by atoms with E-state index < -0.39 is 0 Å². The molecule has 134 valence electrons. The van der Waals surface area contributed by atoms with Gasteiger partial charge in [-0.1, -0.05) is 35.3 Å². The van der Waals surface area contributed by atoms with Crippen LogP contribution in [0.1, 0.15) is 5.56 Å². The molecule has 25 heavy (non-hydrogen) atoms. The first-order valence-corrected chi connectivity index (χ1v) is 8.35. The van der Waals surface area contributed by atoms with Crippen LogP contribution in [0, 0.1) is 0 Å². The molecule has 0 atom stereocenters. The van der Waals surface area contributed by atoms with E-state index in [1.165, 1.54) is 0 Å². The van der Waals surface area contributed by atoms with Gasteiger partial charge in [-0.25, -0.2) is 0 Å². The lowest BCUT2D eigenvalue weighted by Gasteiger charge is -2.11. The average Bonchev–Trinajstić information content (AvgIpc) is 2.61. The molecule has 0 saturated carbocycles. The van der Waals surface area contributed by atoms with Gasteiger partial charge in [-0.15, -0.1) is 0 Å². The first-order valence-electron chi connectivity index (χ1n) is 7.59. The van der Waals surface area contributed by atoms with Crippen molar-refractivity contribution >= 4 is 29.1 Å². The zero-order valence-corrected chi connectivity index (χ0v) is 15.5. The maximum Gasteiger partial charge on any atom is 0.257 e. The van der Waals surface area contributed by atoms with Crippen LogP contribution in [0.3, 0.4) is 0 Å². The SMILES string of the molecule is COc1ccc(CCNC(=O)COc2c(Cl)cccc2Cl)cc1OC. The highest BCUT2D eigenvalue weighted by molar-refractivity contribution is 6.37. The predicted octanol–water partition coefficient (Wildman–Crippen LogP) is 3.75. The van der Waals surface area contributed by atoms with Crippen LogP contribution in [0.15, 0.2) is 36.4 Å². The number of hydrogen-bond acceptors (Lipinski definition) is 4. The van der Waals surface area contributed by atoms with Gasteiger partial charge < -0.3 is 19.5 Å². The lowest BCUT2D eigenvalue weighted by atomic mass is 10.1.